The summed E-state index contributed by atoms with van der Waals surface area (Å²) >= 11 is 0. The lowest BCUT2D eigenvalue weighted by Gasteiger charge is -2.32. The molecule has 1 amide bonds. The van der Waals surface area contributed by atoms with Crippen molar-refractivity contribution in [2.45, 2.75) is 38.1 Å². The number of piperidine rings is 1. The number of ketones is 1. The van der Waals surface area contributed by atoms with E-state index in [-0.39, 0.29) is 30.2 Å². The zero-order valence-corrected chi connectivity index (χ0v) is 19.3. The third-order valence-electron chi connectivity index (χ3n) is 6.85. The van der Waals surface area contributed by atoms with Gasteiger partial charge in [-0.15, -0.1) is 0 Å². The van der Waals surface area contributed by atoms with Crippen molar-refractivity contribution < 1.29 is 18.4 Å². The molecule has 5 nitrogen and oxygen atoms in total. The first-order valence-electron chi connectivity index (χ1n) is 11.6. The number of hydrogen-bond acceptors (Lipinski definition) is 4. The van der Waals surface area contributed by atoms with Gasteiger partial charge >= 0.3 is 0 Å². The van der Waals surface area contributed by atoms with Crippen LogP contribution in [0.4, 0.5) is 20.2 Å². The highest BCUT2D eigenvalue weighted by atomic mass is 19.1. The predicted octanol–water partition coefficient (Wildman–Crippen LogP) is 4.05. The molecule has 2 aromatic carbocycles. The van der Waals surface area contributed by atoms with Gasteiger partial charge in [0, 0.05) is 50.1 Å². The molecule has 0 radical (unpaired) electrons. The van der Waals surface area contributed by atoms with Crippen LogP contribution in [-0.4, -0.2) is 56.4 Å². The number of likely N-dealkylation sites (N-methyl/N-ethyl adjacent to an activating group) is 1. The van der Waals surface area contributed by atoms with E-state index in [4.69, 9.17) is 0 Å². The number of benzene rings is 2. The van der Waals surface area contributed by atoms with Gasteiger partial charge in [0.05, 0.1) is 5.69 Å². The van der Waals surface area contributed by atoms with E-state index in [2.05, 4.69) is 23.9 Å². The van der Waals surface area contributed by atoms with E-state index in [9.17, 15) is 14.0 Å². The molecule has 1 unspecified atom stereocenters. The minimum absolute atomic E-state index is 0.0384. The summed E-state index contributed by atoms with van der Waals surface area (Å²) in [4.78, 5) is 31.5. The molecule has 2 aliphatic rings. The number of carbonyl (C=O) groups excluding carboxylic acids is 2. The lowest BCUT2D eigenvalue weighted by Crippen LogP contribution is -2.42. The zero-order chi connectivity index (χ0) is 23.5. The summed E-state index contributed by atoms with van der Waals surface area (Å²) < 4.78 is 29.0. The Bertz CT molecular complexity index is 1030. The van der Waals surface area contributed by atoms with Gasteiger partial charge in [0.1, 0.15) is 17.4 Å². The van der Waals surface area contributed by atoms with Crippen LogP contribution in [0.5, 0.6) is 0 Å². The highest BCUT2D eigenvalue weighted by Gasteiger charge is 2.33. The third kappa shape index (κ3) is 5.24. The maximum atomic E-state index is 15.1. The van der Waals surface area contributed by atoms with E-state index in [1.165, 1.54) is 17.0 Å². The molecule has 0 aliphatic carbocycles. The minimum atomic E-state index is -0.503. The van der Waals surface area contributed by atoms with Crippen LogP contribution in [0.1, 0.15) is 31.2 Å². The van der Waals surface area contributed by atoms with Crippen LogP contribution in [0, 0.1) is 17.6 Å². The van der Waals surface area contributed by atoms with E-state index >= 15 is 4.39 Å². The van der Waals surface area contributed by atoms with Gasteiger partial charge in [-0.1, -0.05) is 18.2 Å². The fourth-order valence-electron chi connectivity index (χ4n) is 4.89. The first-order chi connectivity index (χ1) is 15.8. The van der Waals surface area contributed by atoms with Gasteiger partial charge in [-0.3, -0.25) is 9.59 Å². The number of anilines is 2. The SMILES string of the molecule is CN(C)C1CCN(c2ccc(N3CCC[C@@H](CC(=O)Cc4ccccc4F)C3=O)c(F)c2)C1. The van der Waals surface area contributed by atoms with Crippen molar-refractivity contribution >= 4 is 23.1 Å². The molecule has 0 bridgehead atoms. The summed E-state index contributed by atoms with van der Waals surface area (Å²) in [5.74, 6) is -1.76. The highest BCUT2D eigenvalue weighted by Crippen LogP contribution is 2.32. The Balaban J connectivity index is 1.42. The van der Waals surface area contributed by atoms with Crippen molar-refractivity contribution in [3.63, 3.8) is 0 Å². The van der Waals surface area contributed by atoms with E-state index in [0.717, 1.165) is 25.2 Å². The molecule has 176 valence electrons. The van der Waals surface area contributed by atoms with Crippen LogP contribution in [-0.2, 0) is 16.0 Å². The molecule has 2 aliphatic heterocycles. The Morgan fingerprint density at radius 3 is 2.55 bits per heavy atom. The van der Waals surface area contributed by atoms with Gasteiger partial charge in [0.25, 0.3) is 0 Å². The number of rotatable bonds is 7. The maximum absolute atomic E-state index is 15.1. The van der Waals surface area contributed by atoms with Crippen LogP contribution >= 0.6 is 0 Å². The van der Waals surface area contributed by atoms with Crippen LogP contribution in [0.15, 0.2) is 42.5 Å². The van der Waals surface area contributed by atoms with Gasteiger partial charge in [-0.2, -0.15) is 0 Å². The largest absolute Gasteiger partial charge is 0.370 e. The average Bonchev–Trinajstić information content (AvgIpc) is 3.28. The highest BCUT2D eigenvalue weighted by molar-refractivity contribution is 5.98. The van der Waals surface area contributed by atoms with Gasteiger partial charge in [0.2, 0.25) is 5.91 Å². The summed E-state index contributed by atoms with van der Waals surface area (Å²) in [7, 11) is 4.11. The number of amides is 1. The Kier molecular flexibility index (Phi) is 7.08. The van der Waals surface area contributed by atoms with Crippen molar-refractivity contribution in [3.8, 4) is 0 Å². The maximum Gasteiger partial charge on any atom is 0.230 e. The standard InChI is InChI=1S/C26H31F2N3O2/c1-29(2)21-11-13-30(17-21)20-9-10-25(24(28)16-20)31-12-5-7-19(26(31)33)15-22(32)14-18-6-3-4-8-23(18)27/h3-4,6,8-10,16,19,21H,5,7,11-15,17H2,1-2H3/t19-,21?/m0/s1. The molecule has 2 saturated heterocycles. The van der Waals surface area contributed by atoms with Crippen LogP contribution in [0.2, 0.25) is 0 Å². The van der Waals surface area contributed by atoms with E-state index in [0.29, 0.717) is 31.0 Å². The molecule has 0 N–H and O–H groups in total. The molecule has 2 fully saturated rings. The van der Waals surface area contributed by atoms with Crippen molar-refractivity contribution in [1.82, 2.24) is 4.90 Å². The number of halogens is 2. The number of hydrogen-bond donors (Lipinski definition) is 0. The second-order valence-electron chi connectivity index (χ2n) is 9.33. The molecule has 0 saturated carbocycles. The normalized spacial score (nSPS) is 21.2. The molecular formula is C26H31F2N3O2. The van der Waals surface area contributed by atoms with Gasteiger partial charge < -0.3 is 14.7 Å². The molecule has 2 heterocycles. The Morgan fingerprint density at radius 2 is 1.85 bits per heavy atom. The minimum Gasteiger partial charge on any atom is -0.370 e. The second-order valence-corrected chi connectivity index (χ2v) is 9.33. The van der Waals surface area contributed by atoms with E-state index in [1.807, 2.05) is 6.07 Å². The summed E-state index contributed by atoms with van der Waals surface area (Å²) in [6.45, 7) is 2.15. The average molecular weight is 456 g/mol. The van der Waals surface area contributed by atoms with Gasteiger partial charge in [0.15, 0.2) is 0 Å². The van der Waals surface area contributed by atoms with Crippen molar-refractivity contribution in [2.24, 2.45) is 5.92 Å². The van der Waals surface area contributed by atoms with E-state index < -0.39 is 17.6 Å². The molecule has 4 rings (SSSR count). The molecule has 0 spiro atoms. The monoisotopic (exact) mass is 455 g/mol. The molecular weight excluding hydrogens is 424 g/mol. The first-order valence-corrected chi connectivity index (χ1v) is 11.6. The lowest BCUT2D eigenvalue weighted by atomic mass is 9.90. The Hall–Kier alpha value is -2.80. The number of carbonyl (C=O) groups is 2. The van der Waals surface area contributed by atoms with Crippen LogP contribution in [0.25, 0.3) is 0 Å². The van der Waals surface area contributed by atoms with Gasteiger partial charge in [-0.25, -0.2) is 8.78 Å². The fraction of sp³-hybridized carbons (Fsp3) is 0.462. The Labute approximate surface area is 194 Å². The fourth-order valence-corrected chi connectivity index (χ4v) is 4.89. The van der Waals surface area contributed by atoms with E-state index in [1.54, 1.807) is 24.3 Å². The topological polar surface area (TPSA) is 43.9 Å². The van der Waals surface area contributed by atoms with Crippen LogP contribution < -0.4 is 9.80 Å². The summed E-state index contributed by atoms with van der Waals surface area (Å²) in [6.07, 6.45) is 2.31. The summed E-state index contributed by atoms with van der Waals surface area (Å²) in [6, 6.07) is 11.7. The number of Topliss-reactive ketones (excluding diaryl/α,β-unsaturated/α-hetero) is 1. The number of nitrogens with zero attached hydrogens (tertiary/aromatic N) is 3. The molecule has 7 heteroatoms. The summed E-state index contributed by atoms with van der Waals surface area (Å²) in [5.41, 5.74) is 1.42. The summed E-state index contributed by atoms with van der Waals surface area (Å²) in [5, 5.41) is 0. The molecule has 2 atom stereocenters. The molecule has 0 aromatic heterocycles. The first kappa shape index (κ1) is 23.4. The van der Waals surface area contributed by atoms with Crippen molar-refractivity contribution in [3.05, 3.63) is 59.7 Å². The quantitative estimate of drug-likeness (QED) is 0.632. The smallest absolute Gasteiger partial charge is 0.230 e. The molecule has 2 aromatic rings. The molecule has 33 heavy (non-hydrogen) atoms. The zero-order valence-electron chi connectivity index (χ0n) is 19.3. The third-order valence-corrected chi connectivity index (χ3v) is 6.85. The Morgan fingerprint density at radius 1 is 1.06 bits per heavy atom. The predicted molar refractivity (Wildman–Crippen MR) is 126 cm³/mol. The van der Waals surface area contributed by atoms with Crippen LogP contribution in [0.3, 0.4) is 0 Å². The lowest BCUT2D eigenvalue weighted by molar-refractivity contribution is -0.128. The van der Waals surface area contributed by atoms with Crippen molar-refractivity contribution in [1.29, 1.82) is 0 Å². The van der Waals surface area contributed by atoms with Gasteiger partial charge in [-0.05, 0) is 63.2 Å². The van der Waals surface area contributed by atoms with Crippen molar-refractivity contribution in [2.75, 3.05) is 43.5 Å². The second kappa shape index (κ2) is 10.00.